The Labute approximate surface area is 155 Å². The van der Waals surface area contributed by atoms with Crippen LogP contribution in [-0.2, 0) is 14.3 Å². The highest BCUT2D eigenvalue weighted by Crippen LogP contribution is 2.32. The SMILES string of the molecule is CCOC(=O)C1=C(C)N(CCOC)C(=O)NC1c1ccc(C(C)C)cc1. The molecule has 26 heavy (non-hydrogen) atoms. The molecular formula is C20H28N2O4. The predicted octanol–water partition coefficient (Wildman–Crippen LogP) is 3.36. The van der Waals surface area contributed by atoms with E-state index in [2.05, 4.69) is 19.2 Å². The average molecular weight is 360 g/mol. The van der Waals surface area contributed by atoms with Crippen LogP contribution in [0.1, 0.15) is 50.8 Å². The van der Waals surface area contributed by atoms with Gasteiger partial charge >= 0.3 is 12.0 Å². The summed E-state index contributed by atoms with van der Waals surface area (Å²) >= 11 is 0. The van der Waals surface area contributed by atoms with E-state index in [4.69, 9.17) is 9.47 Å². The van der Waals surface area contributed by atoms with Crippen molar-refractivity contribution in [2.45, 2.75) is 39.7 Å². The van der Waals surface area contributed by atoms with Crippen molar-refractivity contribution in [3.8, 4) is 0 Å². The van der Waals surface area contributed by atoms with Gasteiger partial charge in [-0.15, -0.1) is 0 Å². The van der Waals surface area contributed by atoms with Crippen molar-refractivity contribution in [1.82, 2.24) is 10.2 Å². The molecule has 2 amide bonds. The van der Waals surface area contributed by atoms with Gasteiger partial charge in [0.25, 0.3) is 0 Å². The Morgan fingerprint density at radius 1 is 1.27 bits per heavy atom. The highest BCUT2D eigenvalue weighted by Gasteiger charge is 2.36. The Morgan fingerprint density at radius 3 is 2.46 bits per heavy atom. The third kappa shape index (κ3) is 4.25. The fourth-order valence-corrected chi connectivity index (χ4v) is 3.03. The first kappa shape index (κ1) is 20.0. The van der Waals surface area contributed by atoms with Crippen LogP contribution in [0.2, 0.25) is 0 Å². The van der Waals surface area contributed by atoms with Crippen LogP contribution in [0, 0.1) is 0 Å². The summed E-state index contributed by atoms with van der Waals surface area (Å²) in [5, 5.41) is 2.93. The number of urea groups is 1. The molecule has 0 spiro atoms. The van der Waals surface area contributed by atoms with Gasteiger partial charge in [-0.1, -0.05) is 38.1 Å². The molecule has 1 aliphatic rings. The summed E-state index contributed by atoms with van der Waals surface area (Å²) in [6.45, 7) is 8.82. The largest absolute Gasteiger partial charge is 0.463 e. The first-order valence-electron chi connectivity index (χ1n) is 8.95. The van der Waals surface area contributed by atoms with Crippen molar-refractivity contribution in [2.75, 3.05) is 26.9 Å². The van der Waals surface area contributed by atoms with Crippen LogP contribution in [-0.4, -0.2) is 43.8 Å². The van der Waals surface area contributed by atoms with Gasteiger partial charge in [-0.05, 0) is 30.9 Å². The van der Waals surface area contributed by atoms with E-state index in [1.54, 1.807) is 21.0 Å². The predicted molar refractivity (Wildman–Crippen MR) is 99.7 cm³/mol. The zero-order valence-electron chi connectivity index (χ0n) is 16.2. The lowest BCUT2D eigenvalue weighted by atomic mass is 9.92. The second-order valence-corrected chi connectivity index (χ2v) is 6.57. The van der Waals surface area contributed by atoms with E-state index < -0.39 is 12.0 Å². The molecule has 1 N–H and O–H groups in total. The number of carbonyl (C=O) groups excluding carboxylic acids is 2. The lowest BCUT2D eigenvalue weighted by Gasteiger charge is -2.35. The summed E-state index contributed by atoms with van der Waals surface area (Å²) in [5.41, 5.74) is 3.12. The van der Waals surface area contributed by atoms with Gasteiger partial charge in [0.05, 0.1) is 31.4 Å². The summed E-state index contributed by atoms with van der Waals surface area (Å²) < 4.78 is 10.3. The minimum Gasteiger partial charge on any atom is -0.463 e. The fourth-order valence-electron chi connectivity index (χ4n) is 3.03. The molecule has 0 bridgehead atoms. The number of allylic oxidation sites excluding steroid dienone is 1. The van der Waals surface area contributed by atoms with E-state index >= 15 is 0 Å². The smallest absolute Gasteiger partial charge is 0.338 e. The van der Waals surface area contributed by atoms with Gasteiger partial charge in [0, 0.05) is 12.8 Å². The monoisotopic (exact) mass is 360 g/mol. The highest BCUT2D eigenvalue weighted by molar-refractivity contribution is 5.95. The first-order valence-corrected chi connectivity index (χ1v) is 8.95. The maximum atomic E-state index is 12.6. The molecule has 142 valence electrons. The van der Waals surface area contributed by atoms with Gasteiger partial charge in [0.15, 0.2) is 0 Å². The maximum absolute atomic E-state index is 12.6. The molecule has 0 radical (unpaired) electrons. The van der Waals surface area contributed by atoms with Crippen LogP contribution in [0.3, 0.4) is 0 Å². The summed E-state index contributed by atoms with van der Waals surface area (Å²) in [5.74, 6) is 0.00157. The third-order valence-electron chi connectivity index (χ3n) is 4.55. The number of nitrogens with one attached hydrogen (secondary N) is 1. The number of esters is 1. The number of hydrogen-bond acceptors (Lipinski definition) is 4. The van der Waals surface area contributed by atoms with Crippen LogP contribution in [0.25, 0.3) is 0 Å². The summed E-state index contributed by atoms with van der Waals surface area (Å²) in [4.78, 5) is 26.7. The van der Waals surface area contributed by atoms with Gasteiger partial charge in [-0.25, -0.2) is 9.59 Å². The number of nitrogens with zero attached hydrogens (tertiary/aromatic N) is 1. The number of rotatable bonds is 7. The van der Waals surface area contributed by atoms with E-state index in [1.807, 2.05) is 24.3 Å². The molecule has 0 fully saturated rings. The number of hydrogen-bond donors (Lipinski definition) is 1. The molecular weight excluding hydrogens is 332 g/mol. The second-order valence-electron chi connectivity index (χ2n) is 6.57. The minimum absolute atomic E-state index is 0.245. The molecule has 1 atom stereocenters. The Hall–Kier alpha value is -2.34. The summed E-state index contributed by atoms with van der Waals surface area (Å²) in [7, 11) is 1.58. The molecule has 6 heteroatoms. The zero-order valence-corrected chi connectivity index (χ0v) is 16.2. The topological polar surface area (TPSA) is 67.9 Å². The van der Waals surface area contributed by atoms with Crippen LogP contribution in [0.15, 0.2) is 35.5 Å². The van der Waals surface area contributed by atoms with E-state index in [1.165, 1.54) is 10.5 Å². The number of methoxy groups -OCH3 is 1. The number of ether oxygens (including phenoxy) is 2. The van der Waals surface area contributed by atoms with Crippen molar-refractivity contribution >= 4 is 12.0 Å². The quantitative estimate of drug-likeness (QED) is 0.757. The van der Waals surface area contributed by atoms with Gasteiger partial charge in [0.2, 0.25) is 0 Å². The van der Waals surface area contributed by atoms with Crippen molar-refractivity contribution in [2.24, 2.45) is 0 Å². The highest BCUT2D eigenvalue weighted by atomic mass is 16.5. The zero-order chi connectivity index (χ0) is 19.3. The molecule has 1 aliphatic heterocycles. The fraction of sp³-hybridized carbons (Fsp3) is 0.500. The summed E-state index contributed by atoms with van der Waals surface area (Å²) in [6, 6.07) is 7.20. The number of amides is 2. The molecule has 1 aromatic carbocycles. The van der Waals surface area contributed by atoms with Crippen LogP contribution in [0.4, 0.5) is 4.79 Å². The first-order chi connectivity index (χ1) is 12.4. The van der Waals surface area contributed by atoms with Gasteiger partial charge < -0.3 is 14.8 Å². The third-order valence-corrected chi connectivity index (χ3v) is 4.55. The molecule has 0 aromatic heterocycles. The Bertz CT molecular complexity index is 680. The molecule has 1 aromatic rings. The van der Waals surface area contributed by atoms with Crippen LogP contribution < -0.4 is 5.32 Å². The van der Waals surface area contributed by atoms with Crippen molar-refractivity contribution in [3.63, 3.8) is 0 Å². The Morgan fingerprint density at radius 2 is 1.92 bits per heavy atom. The van der Waals surface area contributed by atoms with Gasteiger partial charge in [-0.3, -0.25) is 4.90 Å². The average Bonchev–Trinajstić information content (AvgIpc) is 2.61. The lowest BCUT2D eigenvalue weighted by molar-refractivity contribution is -0.139. The Kier molecular flexibility index (Phi) is 6.80. The standard InChI is InChI=1S/C20H28N2O4/c1-6-26-19(23)17-14(4)22(11-12-25-5)20(24)21-18(17)16-9-7-15(8-10-16)13(2)3/h7-10,13,18H,6,11-12H2,1-5H3,(H,21,24). The van der Waals surface area contributed by atoms with E-state index in [0.717, 1.165) is 5.56 Å². The van der Waals surface area contributed by atoms with Crippen molar-refractivity contribution in [1.29, 1.82) is 0 Å². The lowest BCUT2D eigenvalue weighted by Crippen LogP contribution is -2.49. The summed E-state index contributed by atoms with van der Waals surface area (Å²) in [6.07, 6.45) is 0. The normalized spacial score (nSPS) is 17.5. The second kappa shape index (κ2) is 8.85. The maximum Gasteiger partial charge on any atom is 0.338 e. The molecule has 1 unspecified atom stereocenters. The molecule has 0 aliphatic carbocycles. The molecule has 6 nitrogen and oxygen atoms in total. The Balaban J connectivity index is 2.44. The van der Waals surface area contributed by atoms with E-state index in [9.17, 15) is 9.59 Å². The van der Waals surface area contributed by atoms with E-state index in [-0.39, 0.29) is 12.6 Å². The van der Waals surface area contributed by atoms with Crippen LogP contribution in [0.5, 0.6) is 0 Å². The van der Waals surface area contributed by atoms with Crippen LogP contribution >= 0.6 is 0 Å². The van der Waals surface area contributed by atoms with Gasteiger partial charge in [0.1, 0.15) is 0 Å². The molecule has 1 heterocycles. The van der Waals surface area contributed by atoms with Gasteiger partial charge in [-0.2, -0.15) is 0 Å². The molecule has 2 rings (SSSR count). The van der Waals surface area contributed by atoms with Crippen molar-refractivity contribution in [3.05, 3.63) is 46.7 Å². The minimum atomic E-state index is -0.526. The van der Waals surface area contributed by atoms with E-state index in [0.29, 0.717) is 30.3 Å². The van der Waals surface area contributed by atoms with Crippen molar-refractivity contribution < 1.29 is 19.1 Å². The molecule has 0 saturated carbocycles. The number of carbonyl (C=O) groups is 2. The molecule has 0 saturated heterocycles. The number of benzene rings is 1.